The summed E-state index contributed by atoms with van der Waals surface area (Å²) >= 11 is 1.26. The second-order valence-electron chi connectivity index (χ2n) is 4.48. The van der Waals surface area contributed by atoms with Gasteiger partial charge in [-0.3, -0.25) is 4.79 Å². The molecule has 0 radical (unpaired) electrons. The Morgan fingerprint density at radius 2 is 2.40 bits per heavy atom. The van der Waals surface area contributed by atoms with E-state index in [4.69, 9.17) is 9.84 Å². The highest BCUT2D eigenvalue weighted by Crippen LogP contribution is 2.21. The molecule has 0 spiro atoms. The third-order valence-electron chi connectivity index (χ3n) is 3.12. The van der Waals surface area contributed by atoms with Crippen LogP contribution in [-0.4, -0.2) is 64.5 Å². The molecule has 8 heteroatoms. The molecule has 0 bridgehead atoms. The maximum atomic E-state index is 12.6. The van der Waals surface area contributed by atoms with Gasteiger partial charge in [0.2, 0.25) is 0 Å². The standard InChI is InChI=1S/C12H17N3O4S/c1-7-9(10(20-2)14-12(18)13-7)11(17)15-3-4-19-8(5-15)6-16/h8,16H,3-6H2,1-2H3,(H,13,14,18). The normalized spacial score (nSPS) is 19.1. The van der Waals surface area contributed by atoms with Gasteiger partial charge in [0.05, 0.1) is 24.9 Å². The van der Waals surface area contributed by atoms with Crippen molar-refractivity contribution in [1.82, 2.24) is 14.9 Å². The Labute approximate surface area is 120 Å². The van der Waals surface area contributed by atoms with Gasteiger partial charge in [0, 0.05) is 18.8 Å². The number of aliphatic hydroxyl groups excluding tert-OH is 1. The number of hydrogen-bond acceptors (Lipinski definition) is 6. The van der Waals surface area contributed by atoms with Gasteiger partial charge in [0.25, 0.3) is 5.91 Å². The molecule has 1 aromatic heterocycles. The summed E-state index contributed by atoms with van der Waals surface area (Å²) in [5.74, 6) is -0.197. The average molecular weight is 299 g/mol. The number of carbonyl (C=O) groups is 1. The van der Waals surface area contributed by atoms with Crippen molar-refractivity contribution in [3.63, 3.8) is 0 Å². The Bertz CT molecular complexity index is 560. The maximum absolute atomic E-state index is 12.6. The Hall–Kier alpha value is -1.38. The number of morpholine rings is 1. The van der Waals surface area contributed by atoms with Crippen LogP contribution in [0.2, 0.25) is 0 Å². The summed E-state index contributed by atoms with van der Waals surface area (Å²) in [6.07, 6.45) is 1.41. The highest BCUT2D eigenvalue weighted by Gasteiger charge is 2.27. The molecular weight excluding hydrogens is 282 g/mol. The van der Waals surface area contributed by atoms with Gasteiger partial charge in [-0.25, -0.2) is 4.79 Å². The summed E-state index contributed by atoms with van der Waals surface area (Å²) in [5.41, 5.74) is 0.459. The zero-order valence-corrected chi connectivity index (χ0v) is 12.2. The smallest absolute Gasteiger partial charge is 0.346 e. The van der Waals surface area contributed by atoms with Crippen LogP contribution in [0.1, 0.15) is 16.1 Å². The molecular formula is C12H17N3O4S. The van der Waals surface area contributed by atoms with Crippen molar-refractivity contribution >= 4 is 17.7 Å². The van der Waals surface area contributed by atoms with Gasteiger partial charge in [0.1, 0.15) is 5.03 Å². The number of hydrogen-bond donors (Lipinski definition) is 2. The molecule has 0 aromatic carbocycles. The summed E-state index contributed by atoms with van der Waals surface area (Å²) in [6, 6.07) is 0. The lowest BCUT2D eigenvalue weighted by atomic mass is 10.2. The van der Waals surface area contributed by atoms with Crippen LogP contribution in [0.5, 0.6) is 0 Å². The van der Waals surface area contributed by atoms with Crippen molar-refractivity contribution in [1.29, 1.82) is 0 Å². The number of aromatic nitrogens is 2. The predicted octanol–water partition coefficient (Wildman–Crippen LogP) is -0.366. The van der Waals surface area contributed by atoms with Crippen molar-refractivity contribution < 1.29 is 14.6 Å². The van der Waals surface area contributed by atoms with Crippen molar-refractivity contribution in [2.24, 2.45) is 0 Å². The molecule has 2 heterocycles. The first kappa shape index (κ1) is 15.0. The zero-order valence-electron chi connectivity index (χ0n) is 11.4. The fourth-order valence-corrected chi connectivity index (χ4v) is 2.75. The van der Waals surface area contributed by atoms with E-state index in [0.29, 0.717) is 36.0 Å². The number of amides is 1. The highest BCUT2D eigenvalue weighted by molar-refractivity contribution is 7.98. The second-order valence-corrected chi connectivity index (χ2v) is 5.27. The van der Waals surface area contributed by atoms with Crippen molar-refractivity contribution in [2.75, 3.05) is 32.6 Å². The number of aryl methyl sites for hydroxylation is 1. The van der Waals surface area contributed by atoms with Gasteiger partial charge < -0.3 is 19.7 Å². The largest absolute Gasteiger partial charge is 0.394 e. The van der Waals surface area contributed by atoms with Crippen molar-refractivity contribution in [3.8, 4) is 0 Å². The molecule has 0 aliphatic carbocycles. The van der Waals surface area contributed by atoms with E-state index in [-0.39, 0.29) is 18.6 Å². The van der Waals surface area contributed by atoms with Gasteiger partial charge in [-0.15, -0.1) is 11.8 Å². The molecule has 1 unspecified atom stereocenters. The Morgan fingerprint density at radius 3 is 3.05 bits per heavy atom. The third-order valence-corrected chi connectivity index (χ3v) is 3.81. The molecule has 2 rings (SSSR count). The predicted molar refractivity (Wildman–Crippen MR) is 74.1 cm³/mol. The van der Waals surface area contributed by atoms with Crippen LogP contribution >= 0.6 is 11.8 Å². The fraction of sp³-hybridized carbons (Fsp3) is 0.583. The molecule has 1 atom stereocenters. The number of nitrogens with zero attached hydrogens (tertiary/aromatic N) is 2. The SMILES string of the molecule is CSc1nc(=O)[nH]c(C)c1C(=O)N1CCOC(CO)C1. The van der Waals surface area contributed by atoms with Crippen LogP contribution in [0.4, 0.5) is 0 Å². The van der Waals surface area contributed by atoms with Gasteiger partial charge >= 0.3 is 5.69 Å². The summed E-state index contributed by atoms with van der Waals surface area (Å²) in [5, 5.41) is 9.55. The number of ether oxygens (including phenoxy) is 1. The minimum Gasteiger partial charge on any atom is -0.394 e. The van der Waals surface area contributed by atoms with Crippen LogP contribution < -0.4 is 5.69 Å². The molecule has 1 aliphatic rings. The van der Waals surface area contributed by atoms with Crippen LogP contribution in [0, 0.1) is 6.92 Å². The molecule has 20 heavy (non-hydrogen) atoms. The minimum atomic E-state index is -0.460. The van der Waals surface area contributed by atoms with Crippen LogP contribution in [-0.2, 0) is 4.74 Å². The first-order chi connectivity index (χ1) is 9.56. The monoisotopic (exact) mass is 299 g/mol. The number of aliphatic hydroxyl groups is 1. The first-order valence-corrected chi connectivity index (χ1v) is 7.46. The summed E-state index contributed by atoms with van der Waals surface area (Å²) in [7, 11) is 0. The van der Waals surface area contributed by atoms with E-state index in [1.54, 1.807) is 18.1 Å². The molecule has 0 saturated carbocycles. The highest BCUT2D eigenvalue weighted by atomic mass is 32.2. The number of carbonyl (C=O) groups excluding carboxylic acids is 1. The lowest BCUT2D eigenvalue weighted by Gasteiger charge is -2.32. The fourth-order valence-electron chi connectivity index (χ4n) is 2.13. The van der Waals surface area contributed by atoms with E-state index < -0.39 is 5.69 Å². The van der Waals surface area contributed by atoms with E-state index in [1.165, 1.54) is 11.8 Å². The average Bonchev–Trinajstić information content (AvgIpc) is 2.45. The van der Waals surface area contributed by atoms with Gasteiger partial charge in [-0.1, -0.05) is 0 Å². The van der Waals surface area contributed by atoms with Crippen molar-refractivity contribution in [3.05, 3.63) is 21.7 Å². The Balaban J connectivity index is 2.31. The molecule has 1 amide bonds. The Morgan fingerprint density at radius 1 is 1.65 bits per heavy atom. The van der Waals surface area contributed by atoms with E-state index >= 15 is 0 Å². The van der Waals surface area contributed by atoms with Gasteiger partial charge in [0.15, 0.2) is 0 Å². The van der Waals surface area contributed by atoms with E-state index in [9.17, 15) is 9.59 Å². The number of thioether (sulfide) groups is 1. The molecule has 1 aliphatic heterocycles. The molecule has 7 nitrogen and oxygen atoms in total. The molecule has 1 fully saturated rings. The topological polar surface area (TPSA) is 95.5 Å². The van der Waals surface area contributed by atoms with E-state index in [2.05, 4.69) is 9.97 Å². The summed E-state index contributed by atoms with van der Waals surface area (Å²) in [4.78, 5) is 31.9. The van der Waals surface area contributed by atoms with Crippen LogP contribution in [0.25, 0.3) is 0 Å². The number of nitrogens with one attached hydrogen (secondary N) is 1. The van der Waals surface area contributed by atoms with E-state index in [1.807, 2.05) is 0 Å². The third kappa shape index (κ3) is 3.02. The van der Waals surface area contributed by atoms with E-state index in [0.717, 1.165) is 0 Å². The molecule has 1 aromatic rings. The minimum absolute atomic E-state index is 0.123. The lowest BCUT2D eigenvalue weighted by Crippen LogP contribution is -2.47. The maximum Gasteiger partial charge on any atom is 0.346 e. The van der Waals surface area contributed by atoms with Crippen molar-refractivity contribution in [2.45, 2.75) is 18.1 Å². The van der Waals surface area contributed by atoms with Crippen LogP contribution in [0.3, 0.4) is 0 Å². The molecule has 110 valence electrons. The molecule has 1 saturated heterocycles. The lowest BCUT2D eigenvalue weighted by molar-refractivity contribution is -0.0448. The second kappa shape index (κ2) is 6.38. The number of aromatic amines is 1. The number of H-pyrrole nitrogens is 1. The quantitative estimate of drug-likeness (QED) is 0.584. The van der Waals surface area contributed by atoms with Gasteiger partial charge in [-0.05, 0) is 13.2 Å². The molecule has 2 N–H and O–H groups in total. The summed E-state index contributed by atoms with van der Waals surface area (Å²) < 4.78 is 5.33. The van der Waals surface area contributed by atoms with Crippen LogP contribution in [0.15, 0.2) is 9.82 Å². The zero-order chi connectivity index (χ0) is 14.7. The number of rotatable bonds is 3. The Kier molecular flexibility index (Phi) is 4.79. The first-order valence-electron chi connectivity index (χ1n) is 6.23. The van der Waals surface area contributed by atoms with Gasteiger partial charge in [-0.2, -0.15) is 4.98 Å². The summed E-state index contributed by atoms with van der Waals surface area (Å²) in [6.45, 7) is 2.74.